The summed E-state index contributed by atoms with van der Waals surface area (Å²) in [6.45, 7) is 0. The van der Waals surface area contributed by atoms with Crippen LogP contribution in [0.4, 0.5) is 8.78 Å². The molecule has 0 aromatic heterocycles. The van der Waals surface area contributed by atoms with Gasteiger partial charge in [-0.15, -0.1) is 0 Å². The first-order valence-corrected chi connectivity index (χ1v) is 6.29. The van der Waals surface area contributed by atoms with Crippen LogP contribution in [-0.2, 0) is 11.2 Å². The number of ketones is 1. The van der Waals surface area contributed by atoms with Gasteiger partial charge in [0.2, 0.25) is 0 Å². The third kappa shape index (κ3) is 3.13. The van der Waals surface area contributed by atoms with Gasteiger partial charge in [0, 0.05) is 24.4 Å². The molecule has 2 nitrogen and oxygen atoms in total. The number of rotatable bonds is 3. The molecule has 18 heavy (non-hydrogen) atoms. The Morgan fingerprint density at radius 1 is 1.17 bits per heavy atom. The maximum atomic E-state index is 13.0. The van der Waals surface area contributed by atoms with Gasteiger partial charge < -0.3 is 5.73 Å². The monoisotopic (exact) mass is 253 g/mol. The number of hydrogen-bond donors (Lipinski definition) is 1. The summed E-state index contributed by atoms with van der Waals surface area (Å²) < 4.78 is 26.0. The zero-order valence-corrected chi connectivity index (χ0v) is 10.2. The first kappa shape index (κ1) is 13.1. The first-order valence-electron chi connectivity index (χ1n) is 6.29. The first-order chi connectivity index (χ1) is 8.56. The molecule has 0 bridgehead atoms. The molecule has 1 aliphatic carbocycles. The van der Waals surface area contributed by atoms with Crippen LogP contribution in [0.2, 0.25) is 0 Å². The lowest BCUT2D eigenvalue weighted by Crippen LogP contribution is -2.38. The van der Waals surface area contributed by atoms with Crippen molar-refractivity contribution in [2.45, 2.75) is 38.1 Å². The SMILES string of the molecule is NC1CCCCC1C(=O)Cc1cc(F)cc(F)c1. The molecular weight excluding hydrogens is 236 g/mol. The Balaban J connectivity index is 2.06. The van der Waals surface area contributed by atoms with Crippen LogP contribution in [0.15, 0.2) is 18.2 Å². The predicted octanol–water partition coefficient (Wildman–Crippen LogP) is 2.59. The van der Waals surface area contributed by atoms with Crippen LogP contribution in [0, 0.1) is 17.6 Å². The van der Waals surface area contributed by atoms with E-state index < -0.39 is 11.6 Å². The average Bonchev–Trinajstić information content (AvgIpc) is 2.27. The van der Waals surface area contributed by atoms with E-state index in [1.165, 1.54) is 12.1 Å². The molecule has 1 aromatic rings. The number of nitrogens with two attached hydrogens (primary N) is 1. The molecule has 4 heteroatoms. The molecule has 0 radical (unpaired) electrons. The molecule has 1 aliphatic rings. The van der Waals surface area contributed by atoms with Crippen molar-refractivity contribution in [3.8, 4) is 0 Å². The van der Waals surface area contributed by atoms with Crippen molar-refractivity contribution in [3.63, 3.8) is 0 Å². The predicted molar refractivity (Wildman–Crippen MR) is 65.0 cm³/mol. The summed E-state index contributed by atoms with van der Waals surface area (Å²) in [6.07, 6.45) is 3.76. The molecular formula is C14H17F2NO. The van der Waals surface area contributed by atoms with E-state index >= 15 is 0 Å². The summed E-state index contributed by atoms with van der Waals surface area (Å²) in [5.74, 6) is -1.46. The van der Waals surface area contributed by atoms with Gasteiger partial charge in [-0.25, -0.2) is 8.78 Å². The summed E-state index contributed by atoms with van der Waals surface area (Å²) in [5, 5.41) is 0. The minimum atomic E-state index is -0.647. The molecule has 0 aliphatic heterocycles. The van der Waals surface area contributed by atoms with Gasteiger partial charge in [0.15, 0.2) is 0 Å². The third-order valence-electron chi connectivity index (χ3n) is 3.53. The van der Waals surface area contributed by atoms with Crippen molar-refractivity contribution >= 4 is 5.78 Å². The van der Waals surface area contributed by atoms with Crippen LogP contribution in [0.3, 0.4) is 0 Å². The smallest absolute Gasteiger partial charge is 0.141 e. The van der Waals surface area contributed by atoms with Gasteiger partial charge in [0.1, 0.15) is 17.4 Å². The highest BCUT2D eigenvalue weighted by molar-refractivity contribution is 5.84. The maximum Gasteiger partial charge on any atom is 0.141 e. The fraction of sp³-hybridized carbons (Fsp3) is 0.500. The van der Waals surface area contributed by atoms with Crippen molar-refractivity contribution in [1.82, 2.24) is 0 Å². The Labute approximate surface area is 105 Å². The van der Waals surface area contributed by atoms with Crippen molar-refractivity contribution in [1.29, 1.82) is 0 Å². The normalized spacial score (nSPS) is 23.9. The van der Waals surface area contributed by atoms with Crippen molar-refractivity contribution in [2.24, 2.45) is 11.7 Å². The third-order valence-corrected chi connectivity index (χ3v) is 3.53. The van der Waals surface area contributed by atoms with E-state index in [0.29, 0.717) is 5.56 Å². The van der Waals surface area contributed by atoms with Gasteiger partial charge in [0.25, 0.3) is 0 Å². The summed E-state index contributed by atoms with van der Waals surface area (Å²) in [4.78, 5) is 12.1. The second kappa shape index (κ2) is 5.57. The maximum absolute atomic E-state index is 13.0. The topological polar surface area (TPSA) is 43.1 Å². The molecule has 98 valence electrons. The lowest BCUT2D eigenvalue weighted by Gasteiger charge is -2.27. The van der Waals surface area contributed by atoms with Crippen LogP contribution < -0.4 is 5.73 Å². The molecule has 0 heterocycles. The summed E-state index contributed by atoms with van der Waals surface area (Å²) >= 11 is 0. The molecule has 2 N–H and O–H groups in total. The fourth-order valence-corrected chi connectivity index (χ4v) is 2.60. The Hall–Kier alpha value is -1.29. The zero-order valence-electron chi connectivity index (χ0n) is 10.2. The lowest BCUT2D eigenvalue weighted by atomic mass is 9.81. The van der Waals surface area contributed by atoms with Crippen LogP contribution in [0.1, 0.15) is 31.2 Å². The van der Waals surface area contributed by atoms with E-state index in [0.717, 1.165) is 31.7 Å². The highest BCUT2D eigenvalue weighted by Crippen LogP contribution is 2.25. The second-order valence-corrected chi connectivity index (χ2v) is 4.98. The number of carbonyl (C=O) groups excluding carboxylic acids is 1. The van der Waals surface area contributed by atoms with Gasteiger partial charge >= 0.3 is 0 Å². The minimum absolute atomic E-state index is 0.00722. The Morgan fingerprint density at radius 2 is 1.78 bits per heavy atom. The highest BCUT2D eigenvalue weighted by Gasteiger charge is 2.27. The number of benzene rings is 1. The number of halogens is 2. The van der Waals surface area contributed by atoms with Crippen LogP contribution >= 0.6 is 0 Å². The standard InChI is InChI=1S/C14H17F2NO/c15-10-5-9(6-11(16)8-10)7-14(18)12-3-1-2-4-13(12)17/h5-6,8,12-13H,1-4,7,17H2. The average molecular weight is 253 g/mol. The molecule has 1 aromatic carbocycles. The zero-order chi connectivity index (χ0) is 13.1. The van der Waals surface area contributed by atoms with Gasteiger partial charge in [-0.05, 0) is 30.5 Å². The largest absolute Gasteiger partial charge is 0.327 e. The van der Waals surface area contributed by atoms with Gasteiger partial charge in [-0.2, -0.15) is 0 Å². The van der Waals surface area contributed by atoms with Gasteiger partial charge in [-0.1, -0.05) is 12.8 Å². The van der Waals surface area contributed by atoms with Crippen LogP contribution in [-0.4, -0.2) is 11.8 Å². The van der Waals surface area contributed by atoms with Gasteiger partial charge in [-0.3, -0.25) is 4.79 Å². The Kier molecular flexibility index (Phi) is 4.07. The van der Waals surface area contributed by atoms with Crippen LogP contribution in [0.5, 0.6) is 0 Å². The molecule has 2 unspecified atom stereocenters. The second-order valence-electron chi connectivity index (χ2n) is 4.98. The highest BCUT2D eigenvalue weighted by atomic mass is 19.1. The minimum Gasteiger partial charge on any atom is -0.327 e. The van der Waals surface area contributed by atoms with E-state index in [9.17, 15) is 13.6 Å². The number of hydrogen-bond acceptors (Lipinski definition) is 2. The quantitative estimate of drug-likeness (QED) is 0.899. The fourth-order valence-electron chi connectivity index (χ4n) is 2.60. The Morgan fingerprint density at radius 3 is 2.39 bits per heavy atom. The molecule has 1 saturated carbocycles. The molecule has 1 fully saturated rings. The van der Waals surface area contributed by atoms with E-state index in [4.69, 9.17) is 5.73 Å². The molecule has 0 saturated heterocycles. The summed E-state index contributed by atoms with van der Waals surface area (Å²) in [7, 11) is 0. The summed E-state index contributed by atoms with van der Waals surface area (Å²) in [6, 6.07) is 3.11. The Bertz CT molecular complexity index is 427. The van der Waals surface area contributed by atoms with E-state index in [1.54, 1.807) is 0 Å². The molecule has 2 rings (SSSR count). The van der Waals surface area contributed by atoms with Crippen molar-refractivity contribution in [3.05, 3.63) is 35.4 Å². The van der Waals surface area contributed by atoms with Crippen molar-refractivity contribution < 1.29 is 13.6 Å². The molecule has 2 atom stereocenters. The van der Waals surface area contributed by atoms with Gasteiger partial charge in [0.05, 0.1) is 0 Å². The van der Waals surface area contributed by atoms with Crippen LogP contribution in [0.25, 0.3) is 0 Å². The lowest BCUT2D eigenvalue weighted by molar-refractivity contribution is -0.123. The molecule has 0 spiro atoms. The molecule has 0 amide bonds. The van der Waals surface area contributed by atoms with E-state index in [1.807, 2.05) is 0 Å². The van der Waals surface area contributed by atoms with Crippen molar-refractivity contribution in [2.75, 3.05) is 0 Å². The number of Topliss-reactive ketones (excluding diaryl/α,β-unsaturated/α-hetero) is 1. The van der Waals surface area contributed by atoms with E-state index in [2.05, 4.69) is 0 Å². The summed E-state index contributed by atoms with van der Waals surface area (Å²) in [5.41, 5.74) is 6.31. The number of carbonyl (C=O) groups is 1. The van der Waals surface area contributed by atoms with E-state index in [-0.39, 0.29) is 24.2 Å².